The minimum atomic E-state index is -0.508. The maximum Gasteiger partial charge on any atom is 0.0799 e. The van der Waals surface area contributed by atoms with Crippen molar-refractivity contribution in [2.45, 2.75) is 58.2 Å². The molecule has 2 N–H and O–H groups in total. The Labute approximate surface area is 69.2 Å². The molecule has 0 aliphatic heterocycles. The summed E-state index contributed by atoms with van der Waals surface area (Å²) in [4.78, 5) is 0. The summed E-state index contributed by atoms with van der Waals surface area (Å²) in [6.45, 7) is 4.09. The van der Waals surface area contributed by atoms with E-state index in [0.29, 0.717) is 6.42 Å². The van der Waals surface area contributed by atoms with Gasteiger partial charge >= 0.3 is 0 Å². The molecule has 11 heavy (non-hydrogen) atoms. The van der Waals surface area contributed by atoms with E-state index in [1.807, 2.05) is 6.92 Å². The fourth-order valence-electron chi connectivity index (χ4n) is 1.09. The third-order valence-electron chi connectivity index (χ3n) is 1.88. The molecular weight excluding hydrogens is 140 g/mol. The third kappa shape index (κ3) is 5.22. The Morgan fingerprint density at radius 2 is 1.45 bits per heavy atom. The molecule has 0 radical (unpaired) electrons. The Kier molecular flexibility index (Phi) is 6.57. The van der Waals surface area contributed by atoms with Gasteiger partial charge in [0.15, 0.2) is 0 Å². The smallest absolute Gasteiger partial charge is 0.0799 e. The molecule has 2 atom stereocenters. The van der Waals surface area contributed by atoms with Gasteiger partial charge in [0.2, 0.25) is 0 Å². The zero-order chi connectivity index (χ0) is 8.69. The number of aliphatic hydroxyl groups excluding tert-OH is 2. The van der Waals surface area contributed by atoms with Crippen LogP contribution in [-0.4, -0.2) is 22.4 Å². The highest BCUT2D eigenvalue weighted by atomic mass is 16.3. The van der Waals surface area contributed by atoms with Gasteiger partial charge in [-0.1, -0.05) is 33.1 Å². The summed E-state index contributed by atoms with van der Waals surface area (Å²) >= 11 is 0. The molecule has 2 heteroatoms. The van der Waals surface area contributed by atoms with E-state index in [4.69, 9.17) is 0 Å². The van der Waals surface area contributed by atoms with Gasteiger partial charge in [0.1, 0.15) is 0 Å². The van der Waals surface area contributed by atoms with E-state index < -0.39 is 12.2 Å². The second-order valence-electron chi connectivity index (χ2n) is 3.07. The van der Waals surface area contributed by atoms with Crippen molar-refractivity contribution >= 4 is 0 Å². The summed E-state index contributed by atoms with van der Waals surface area (Å²) in [6, 6.07) is 0. The first kappa shape index (κ1) is 10.9. The first-order valence-electron chi connectivity index (χ1n) is 4.58. The fourth-order valence-corrected chi connectivity index (χ4v) is 1.09. The quantitative estimate of drug-likeness (QED) is 0.621. The second-order valence-corrected chi connectivity index (χ2v) is 3.07. The molecule has 0 bridgehead atoms. The van der Waals surface area contributed by atoms with E-state index in [1.165, 1.54) is 0 Å². The van der Waals surface area contributed by atoms with Crippen molar-refractivity contribution in [2.24, 2.45) is 0 Å². The van der Waals surface area contributed by atoms with E-state index in [9.17, 15) is 10.2 Å². The molecule has 0 heterocycles. The summed E-state index contributed by atoms with van der Waals surface area (Å²) < 4.78 is 0. The van der Waals surface area contributed by atoms with E-state index in [0.717, 1.165) is 25.7 Å². The van der Waals surface area contributed by atoms with E-state index in [-0.39, 0.29) is 0 Å². The molecule has 0 spiro atoms. The van der Waals surface area contributed by atoms with Crippen LogP contribution in [-0.2, 0) is 0 Å². The topological polar surface area (TPSA) is 40.5 Å². The highest BCUT2D eigenvalue weighted by molar-refractivity contribution is 4.65. The number of hydrogen-bond acceptors (Lipinski definition) is 2. The number of rotatable bonds is 6. The summed E-state index contributed by atoms with van der Waals surface area (Å²) in [5, 5.41) is 18.6. The third-order valence-corrected chi connectivity index (χ3v) is 1.88. The molecule has 0 amide bonds. The molecule has 0 fully saturated rings. The van der Waals surface area contributed by atoms with Crippen LogP contribution in [0.3, 0.4) is 0 Å². The first-order valence-corrected chi connectivity index (χ1v) is 4.58. The zero-order valence-corrected chi connectivity index (χ0v) is 7.58. The van der Waals surface area contributed by atoms with Gasteiger partial charge in [-0.3, -0.25) is 0 Å². The van der Waals surface area contributed by atoms with Crippen molar-refractivity contribution in [3.8, 4) is 0 Å². The average molecular weight is 160 g/mol. The predicted octanol–water partition coefficient (Wildman–Crippen LogP) is 1.70. The molecule has 2 nitrogen and oxygen atoms in total. The maximum absolute atomic E-state index is 9.33. The Morgan fingerprint density at radius 1 is 0.909 bits per heavy atom. The lowest BCUT2D eigenvalue weighted by molar-refractivity contribution is 0.00843. The van der Waals surface area contributed by atoms with Gasteiger partial charge in [-0.2, -0.15) is 0 Å². The lowest BCUT2D eigenvalue weighted by atomic mass is 10.0. The van der Waals surface area contributed by atoms with Gasteiger partial charge in [-0.15, -0.1) is 0 Å². The monoisotopic (exact) mass is 160 g/mol. The van der Waals surface area contributed by atoms with Crippen molar-refractivity contribution in [1.82, 2.24) is 0 Å². The van der Waals surface area contributed by atoms with Gasteiger partial charge in [-0.05, 0) is 12.8 Å². The Hall–Kier alpha value is -0.0800. The highest BCUT2D eigenvalue weighted by Crippen LogP contribution is 2.08. The lowest BCUT2D eigenvalue weighted by Gasteiger charge is -2.16. The van der Waals surface area contributed by atoms with E-state index >= 15 is 0 Å². The van der Waals surface area contributed by atoms with Crippen LogP contribution in [0.5, 0.6) is 0 Å². The Balaban J connectivity index is 3.38. The van der Waals surface area contributed by atoms with Crippen LogP contribution in [0, 0.1) is 0 Å². The minimum absolute atomic E-state index is 0.505. The molecule has 0 saturated carbocycles. The van der Waals surface area contributed by atoms with Gasteiger partial charge < -0.3 is 10.2 Å². The van der Waals surface area contributed by atoms with Crippen LogP contribution in [0.1, 0.15) is 46.0 Å². The molecule has 0 aliphatic carbocycles. The molecule has 68 valence electrons. The molecule has 0 aromatic carbocycles. The van der Waals surface area contributed by atoms with Gasteiger partial charge in [0.25, 0.3) is 0 Å². The summed E-state index contributed by atoms with van der Waals surface area (Å²) in [7, 11) is 0. The molecule has 0 saturated heterocycles. The van der Waals surface area contributed by atoms with Crippen LogP contribution in [0.4, 0.5) is 0 Å². The lowest BCUT2D eigenvalue weighted by Crippen LogP contribution is -2.25. The van der Waals surface area contributed by atoms with Crippen molar-refractivity contribution < 1.29 is 10.2 Å². The molecule has 0 aromatic rings. The molecule has 0 aromatic heterocycles. The molecule has 0 aliphatic rings. The van der Waals surface area contributed by atoms with E-state index in [2.05, 4.69) is 6.92 Å². The first-order chi connectivity index (χ1) is 5.22. The Morgan fingerprint density at radius 3 is 1.91 bits per heavy atom. The minimum Gasteiger partial charge on any atom is -0.390 e. The van der Waals surface area contributed by atoms with Crippen molar-refractivity contribution in [1.29, 1.82) is 0 Å². The normalized spacial score (nSPS) is 16.4. The standard InChI is InChI=1S/C9H20O2/c1-3-5-7-9(11)8(10)6-4-2/h8-11H,3-7H2,1-2H3. The van der Waals surface area contributed by atoms with Gasteiger partial charge in [-0.25, -0.2) is 0 Å². The van der Waals surface area contributed by atoms with Crippen LogP contribution >= 0.6 is 0 Å². The average Bonchev–Trinajstić information content (AvgIpc) is 2.00. The highest BCUT2D eigenvalue weighted by Gasteiger charge is 2.13. The van der Waals surface area contributed by atoms with Crippen molar-refractivity contribution in [2.75, 3.05) is 0 Å². The summed E-state index contributed by atoms with van der Waals surface area (Å²) in [6.07, 6.45) is 3.45. The van der Waals surface area contributed by atoms with Crippen LogP contribution in [0.2, 0.25) is 0 Å². The van der Waals surface area contributed by atoms with E-state index in [1.54, 1.807) is 0 Å². The molecule has 0 rings (SSSR count). The van der Waals surface area contributed by atoms with Crippen molar-refractivity contribution in [3.05, 3.63) is 0 Å². The van der Waals surface area contributed by atoms with Crippen molar-refractivity contribution in [3.63, 3.8) is 0 Å². The summed E-state index contributed by atoms with van der Waals surface area (Å²) in [5.74, 6) is 0. The fraction of sp³-hybridized carbons (Fsp3) is 1.00. The number of aliphatic hydroxyl groups is 2. The summed E-state index contributed by atoms with van der Waals surface area (Å²) in [5.41, 5.74) is 0. The number of hydrogen-bond donors (Lipinski definition) is 2. The second kappa shape index (κ2) is 6.62. The zero-order valence-electron chi connectivity index (χ0n) is 7.58. The number of unbranched alkanes of at least 4 members (excludes halogenated alkanes) is 1. The van der Waals surface area contributed by atoms with Gasteiger partial charge in [0.05, 0.1) is 12.2 Å². The van der Waals surface area contributed by atoms with Crippen LogP contribution in [0.15, 0.2) is 0 Å². The molecule has 2 unspecified atom stereocenters. The largest absolute Gasteiger partial charge is 0.390 e. The van der Waals surface area contributed by atoms with Gasteiger partial charge in [0, 0.05) is 0 Å². The Bertz CT molecular complexity index is 83.6. The molecular formula is C9H20O2. The van der Waals surface area contributed by atoms with Crippen LogP contribution < -0.4 is 0 Å². The SMILES string of the molecule is CCCCC(O)C(O)CCC. The predicted molar refractivity (Wildman–Crippen MR) is 46.4 cm³/mol. The van der Waals surface area contributed by atoms with Crippen LogP contribution in [0.25, 0.3) is 0 Å². The maximum atomic E-state index is 9.33.